The smallest absolute Gasteiger partial charge is 0.230 e. The number of amides is 1. The number of hydrogen-bond acceptors (Lipinski definition) is 3. The number of nitrogens with one attached hydrogen (secondary N) is 1. The Bertz CT molecular complexity index is 365. The molecule has 4 nitrogen and oxygen atoms in total. The molecule has 3 unspecified atom stereocenters. The molecule has 0 bridgehead atoms. The van der Waals surface area contributed by atoms with Gasteiger partial charge in [0.2, 0.25) is 5.91 Å². The summed E-state index contributed by atoms with van der Waals surface area (Å²) < 4.78 is 0. The lowest BCUT2D eigenvalue weighted by atomic mass is 9.80. The molecular formula is C16H29N3O. The summed E-state index contributed by atoms with van der Waals surface area (Å²) in [5.74, 6) is 0.391. The lowest BCUT2D eigenvalue weighted by Crippen LogP contribution is -2.63. The first kappa shape index (κ1) is 14.3. The van der Waals surface area contributed by atoms with Gasteiger partial charge in [0.25, 0.3) is 0 Å². The number of carbonyl (C=O) groups is 1. The Balaban J connectivity index is 1.70. The third-order valence-electron chi connectivity index (χ3n) is 5.56. The first-order valence-corrected chi connectivity index (χ1v) is 8.36. The van der Waals surface area contributed by atoms with E-state index in [1.54, 1.807) is 0 Å². The maximum Gasteiger partial charge on any atom is 0.230 e. The highest BCUT2D eigenvalue weighted by Gasteiger charge is 2.42. The van der Waals surface area contributed by atoms with Crippen LogP contribution in [0.5, 0.6) is 0 Å². The SMILES string of the molecule is CC1CN2CCCCC2CN1C(=O)C1(C)CCCNC1. The monoisotopic (exact) mass is 279 g/mol. The highest BCUT2D eigenvalue weighted by molar-refractivity contribution is 5.83. The zero-order chi connectivity index (χ0) is 14.2. The molecule has 4 heteroatoms. The number of piperidine rings is 2. The summed E-state index contributed by atoms with van der Waals surface area (Å²) in [5, 5.41) is 3.41. The van der Waals surface area contributed by atoms with Crippen LogP contribution in [-0.4, -0.2) is 60.5 Å². The molecule has 0 aromatic rings. The molecule has 0 saturated carbocycles. The lowest BCUT2D eigenvalue weighted by molar-refractivity contribution is -0.149. The zero-order valence-electron chi connectivity index (χ0n) is 13.0. The maximum absolute atomic E-state index is 13.0. The van der Waals surface area contributed by atoms with E-state index < -0.39 is 0 Å². The summed E-state index contributed by atoms with van der Waals surface area (Å²) in [6, 6.07) is 0.986. The molecule has 0 aromatic heterocycles. The molecule has 114 valence electrons. The van der Waals surface area contributed by atoms with E-state index in [-0.39, 0.29) is 5.41 Å². The van der Waals surface area contributed by atoms with Crippen molar-refractivity contribution in [2.45, 2.75) is 58.0 Å². The van der Waals surface area contributed by atoms with Crippen LogP contribution in [0, 0.1) is 5.41 Å². The normalized spacial score (nSPS) is 39.4. The van der Waals surface area contributed by atoms with Gasteiger partial charge in [-0.05, 0) is 52.6 Å². The van der Waals surface area contributed by atoms with Crippen LogP contribution in [0.4, 0.5) is 0 Å². The van der Waals surface area contributed by atoms with Crippen molar-refractivity contribution in [3.8, 4) is 0 Å². The Labute approximate surface area is 122 Å². The number of nitrogens with zero attached hydrogens (tertiary/aromatic N) is 2. The van der Waals surface area contributed by atoms with Crippen molar-refractivity contribution < 1.29 is 4.79 Å². The molecule has 3 atom stereocenters. The second-order valence-corrected chi connectivity index (χ2v) is 7.29. The van der Waals surface area contributed by atoms with Gasteiger partial charge in [-0.15, -0.1) is 0 Å². The minimum Gasteiger partial charge on any atom is -0.337 e. The summed E-state index contributed by atoms with van der Waals surface area (Å²) in [6.07, 6.45) is 6.09. The van der Waals surface area contributed by atoms with Gasteiger partial charge in [0.1, 0.15) is 0 Å². The van der Waals surface area contributed by atoms with Crippen LogP contribution < -0.4 is 5.32 Å². The van der Waals surface area contributed by atoms with Crippen molar-refractivity contribution in [3.05, 3.63) is 0 Å². The zero-order valence-corrected chi connectivity index (χ0v) is 13.0. The van der Waals surface area contributed by atoms with Gasteiger partial charge in [-0.3, -0.25) is 9.69 Å². The lowest BCUT2D eigenvalue weighted by Gasteiger charge is -2.50. The topological polar surface area (TPSA) is 35.6 Å². The summed E-state index contributed by atoms with van der Waals surface area (Å²) in [4.78, 5) is 17.8. The Kier molecular flexibility index (Phi) is 4.04. The molecule has 3 heterocycles. The molecule has 0 spiro atoms. The quantitative estimate of drug-likeness (QED) is 0.789. The molecule has 0 aliphatic carbocycles. The van der Waals surface area contributed by atoms with Gasteiger partial charge in [-0.1, -0.05) is 6.42 Å². The third kappa shape index (κ3) is 2.60. The van der Waals surface area contributed by atoms with E-state index in [1.807, 2.05) is 0 Å². The third-order valence-corrected chi connectivity index (χ3v) is 5.56. The largest absolute Gasteiger partial charge is 0.337 e. The minimum atomic E-state index is -0.177. The summed E-state index contributed by atoms with van der Waals surface area (Å²) >= 11 is 0. The minimum absolute atomic E-state index is 0.177. The fraction of sp³-hybridized carbons (Fsp3) is 0.938. The highest BCUT2D eigenvalue weighted by Crippen LogP contribution is 2.32. The van der Waals surface area contributed by atoms with Crippen molar-refractivity contribution in [1.29, 1.82) is 0 Å². The van der Waals surface area contributed by atoms with Crippen LogP contribution in [0.25, 0.3) is 0 Å². The van der Waals surface area contributed by atoms with E-state index in [1.165, 1.54) is 25.8 Å². The fourth-order valence-electron chi connectivity index (χ4n) is 4.22. The first-order chi connectivity index (χ1) is 9.60. The Morgan fingerprint density at radius 3 is 2.85 bits per heavy atom. The van der Waals surface area contributed by atoms with Gasteiger partial charge >= 0.3 is 0 Å². The highest BCUT2D eigenvalue weighted by atomic mass is 16.2. The van der Waals surface area contributed by atoms with Crippen LogP contribution in [0.15, 0.2) is 0 Å². The fourth-order valence-corrected chi connectivity index (χ4v) is 4.22. The number of piperazine rings is 1. The molecule has 3 aliphatic rings. The van der Waals surface area contributed by atoms with Crippen LogP contribution in [0.2, 0.25) is 0 Å². The predicted molar refractivity (Wildman–Crippen MR) is 80.6 cm³/mol. The molecule has 3 saturated heterocycles. The Morgan fingerprint density at radius 1 is 1.25 bits per heavy atom. The molecule has 0 aromatic carbocycles. The molecule has 1 N–H and O–H groups in total. The molecule has 3 fully saturated rings. The molecule has 20 heavy (non-hydrogen) atoms. The average Bonchev–Trinajstić information content (AvgIpc) is 2.46. The number of rotatable bonds is 1. The van der Waals surface area contributed by atoms with Gasteiger partial charge in [0, 0.05) is 31.7 Å². The van der Waals surface area contributed by atoms with E-state index in [9.17, 15) is 4.79 Å². The summed E-state index contributed by atoms with van der Waals surface area (Å²) in [6.45, 7) is 9.55. The average molecular weight is 279 g/mol. The van der Waals surface area contributed by atoms with Gasteiger partial charge in [0.05, 0.1) is 5.41 Å². The van der Waals surface area contributed by atoms with Crippen molar-refractivity contribution in [1.82, 2.24) is 15.1 Å². The van der Waals surface area contributed by atoms with Crippen LogP contribution in [0.1, 0.15) is 46.0 Å². The van der Waals surface area contributed by atoms with Gasteiger partial charge < -0.3 is 10.2 Å². The van der Waals surface area contributed by atoms with Gasteiger partial charge in [0.15, 0.2) is 0 Å². The van der Waals surface area contributed by atoms with Crippen molar-refractivity contribution >= 4 is 5.91 Å². The summed E-state index contributed by atoms with van der Waals surface area (Å²) in [7, 11) is 0. The van der Waals surface area contributed by atoms with E-state index in [0.717, 1.165) is 39.0 Å². The summed E-state index contributed by atoms with van der Waals surface area (Å²) in [5.41, 5.74) is -0.177. The molecule has 3 aliphatic heterocycles. The molecule has 1 amide bonds. The second-order valence-electron chi connectivity index (χ2n) is 7.29. The number of carbonyl (C=O) groups excluding carboxylic acids is 1. The van der Waals surface area contributed by atoms with E-state index >= 15 is 0 Å². The van der Waals surface area contributed by atoms with Crippen LogP contribution in [-0.2, 0) is 4.79 Å². The number of fused-ring (bicyclic) bond motifs is 1. The van der Waals surface area contributed by atoms with Gasteiger partial charge in [-0.25, -0.2) is 0 Å². The van der Waals surface area contributed by atoms with Crippen LogP contribution >= 0.6 is 0 Å². The molecule has 3 rings (SSSR count). The first-order valence-electron chi connectivity index (χ1n) is 8.36. The van der Waals surface area contributed by atoms with Crippen molar-refractivity contribution in [2.75, 3.05) is 32.7 Å². The second kappa shape index (κ2) is 5.64. The number of hydrogen-bond donors (Lipinski definition) is 1. The maximum atomic E-state index is 13.0. The predicted octanol–water partition coefficient (Wildman–Crippen LogP) is 1.46. The molecular weight excluding hydrogens is 250 g/mol. The van der Waals surface area contributed by atoms with Crippen molar-refractivity contribution in [3.63, 3.8) is 0 Å². The van der Waals surface area contributed by atoms with Crippen molar-refractivity contribution in [2.24, 2.45) is 5.41 Å². The van der Waals surface area contributed by atoms with E-state index in [2.05, 4.69) is 29.0 Å². The van der Waals surface area contributed by atoms with E-state index in [4.69, 9.17) is 0 Å². The Morgan fingerprint density at radius 2 is 2.10 bits per heavy atom. The Hall–Kier alpha value is -0.610. The van der Waals surface area contributed by atoms with Crippen LogP contribution in [0.3, 0.4) is 0 Å². The molecule has 0 radical (unpaired) electrons. The van der Waals surface area contributed by atoms with E-state index in [0.29, 0.717) is 18.0 Å². The van der Waals surface area contributed by atoms with Gasteiger partial charge in [-0.2, -0.15) is 0 Å². The standard InChI is InChI=1S/C16H29N3O/c1-13-10-18-9-4-3-6-14(18)11-19(13)15(20)16(2)7-5-8-17-12-16/h13-14,17H,3-12H2,1-2H3.